The fourth-order valence-corrected chi connectivity index (χ4v) is 3.48. The van der Waals surface area contributed by atoms with Crippen molar-refractivity contribution in [3.63, 3.8) is 0 Å². The van der Waals surface area contributed by atoms with Gasteiger partial charge in [0.25, 0.3) is 0 Å². The zero-order valence-electron chi connectivity index (χ0n) is 11.3. The van der Waals surface area contributed by atoms with E-state index in [4.69, 9.17) is 11.6 Å². The van der Waals surface area contributed by atoms with Crippen LogP contribution in [0.4, 0.5) is 0 Å². The predicted octanol–water partition coefficient (Wildman–Crippen LogP) is 4.19. The molecule has 106 valence electrons. The average molecular weight is 316 g/mol. The summed E-state index contributed by atoms with van der Waals surface area (Å²) < 4.78 is 0. The molecule has 0 aliphatic heterocycles. The van der Waals surface area contributed by atoms with Crippen LogP contribution in [0, 0.1) is 0 Å². The van der Waals surface area contributed by atoms with Crippen LogP contribution in [0.2, 0.25) is 5.02 Å². The maximum Gasteiger partial charge on any atom is 0.114 e. The van der Waals surface area contributed by atoms with Gasteiger partial charge in [0.2, 0.25) is 0 Å². The molecule has 2 heterocycles. The van der Waals surface area contributed by atoms with Gasteiger partial charge in [-0.05, 0) is 31.0 Å². The van der Waals surface area contributed by atoms with Crippen molar-refractivity contribution in [2.24, 2.45) is 0 Å². The Kier molecular flexibility index (Phi) is 3.37. The van der Waals surface area contributed by atoms with Gasteiger partial charge in [0, 0.05) is 39.8 Å². The number of aromatic nitrogens is 2. The number of fused-ring (bicyclic) bond motifs is 1. The highest BCUT2D eigenvalue weighted by atomic mass is 35.5. The van der Waals surface area contributed by atoms with E-state index in [0.717, 1.165) is 26.5 Å². The Morgan fingerprint density at radius 2 is 2.10 bits per heavy atom. The molecule has 3 nitrogen and oxygen atoms in total. The van der Waals surface area contributed by atoms with Crippen molar-refractivity contribution < 1.29 is 0 Å². The molecule has 1 saturated carbocycles. The molecule has 5 heteroatoms. The third-order valence-corrected chi connectivity index (χ3v) is 4.91. The summed E-state index contributed by atoms with van der Waals surface area (Å²) in [5.74, 6) is 0. The van der Waals surface area contributed by atoms with Gasteiger partial charge >= 0.3 is 0 Å². The van der Waals surface area contributed by atoms with E-state index in [0.29, 0.717) is 6.04 Å². The van der Waals surface area contributed by atoms with Crippen molar-refractivity contribution in [1.29, 1.82) is 0 Å². The molecule has 0 radical (unpaired) electrons. The molecule has 1 aliphatic carbocycles. The standard InChI is InChI=1S/C16H14ClN3S/c17-13-6-5-12(14-11(13)2-1-7-18-14)15(20-10-3-4-10)16-19-8-9-21-16/h1-2,5-10,15,20H,3-4H2. The Morgan fingerprint density at radius 3 is 2.86 bits per heavy atom. The Bertz CT molecular complexity index is 768. The minimum Gasteiger partial charge on any atom is -0.301 e. The number of hydrogen-bond acceptors (Lipinski definition) is 4. The van der Waals surface area contributed by atoms with Gasteiger partial charge in [-0.3, -0.25) is 4.98 Å². The predicted molar refractivity (Wildman–Crippen MR) is 86.9 cm³/mol. The third-order valence-electron chi connectivity index (χ3n) is 3.74. The Hall–Kier alpha value is -1.49. The highest BCUT2D eigenvalue weighted by molar-refractivity contribution is 7.09. The summed E-state index contributed by atoms with van der Waals surface area (Å²) in [5, 5.41) is 8.52. The largest absolute Gasteiger partial charge is 0.301 e. The molecule has 21 heavy (non-hydrogen) atoms. The van der Waals surface area contributed by atoms with Crippen LogP contribution in [0.5, 0.6) is 0 Å². The highest BCUT2D eigenvalue weighted by Gasteiger charge is 2.28. The van der Waals surface area contributed by atoms with Gasteiger partial charge in [0.05, 0.1) is 11.6 Å². The normalized spacial score (nSPS) is 16.2. The van der Waals surface area contributed by atoms with Crippen LogP contribution in [0.15, 0.2) is 42.0 Å². The molecular weight excluding hydrogens is 302 g/mol. The van der Waals surface area contributed by atoms with E-state index in [-0.39, 0.29) is 6.04 Å². The van der Waals surface area contributed by atoms with E-state index in [9.17, 15) is 0 Å². The number of benzene rings is 1. The number of halogens is 1. The number of pyridine rings is 1. The Labute approximate surface area is 132 Å². The molecule has 1 aliphatic rings. The van der Waals surface area contributed by atoms with E-state index in [1.165, 1.54) is 12.8 Å². The average Bonchev–Trinajstić information content (AvgIpc) is 3.17. The van der Waals surface area contributed by atoms with Crippen LogP contribution in [-0.4, -0.2) is 16.0 Å². The van der Waals surface area contributed by atoms with Crippen molar-refractivity contribution in [3.05, 3.63) is 57.6 Å². The molecule has 2 aromatic heterocycles. The fraction of sp³-hybridized carbons (Fsp3) is 0.250. The first kappa shape index (κ1) is 13.2. The van der Waals surface area contributed by atoms with E-state index in [2.05, 4.69) is 21.4 Å². The van der Waals surface area contributed by atoms with Crippen molar-refractivity contribution in [2.45, 2.75) is 24.9 Å². The minimum absolute atomic E-state index is 0.0900. The van der Waals surface area contributed by atoms with Gasteiger partial charge in [-0.15, -0.1) is 11.3 Å². The minimum atomic E-state index is 0.0900. The lowest BCUT2D eigenvalue weighted by molar-refractivity contribution is 0.600. The molecule has 1 N–H and O–H groups in total. The lowest BCUT2D eigenvalue weighted by Crippen LogP contribution is -2.24. The SMILES string of the molecule is Clc1ccc(C(NC2CC2)c2nccs2)c2ncccc12. The number of hydrogen-bond donors (Lipinski definition) is 1. The van der Waals surface area contributed by atoms with Gasteiger partial charge in [0.1, 0.15) is 5.01 Å². The zero-order chi connectivity index (χ0) is 14.2. The summed E-state index contributed by atoms with van der Waals surface area (Å²) >= 11 is 7.98. The monoisotopic (exact) mass is 315 g/mol. The topological polar surface area (TPSA) is 37.8 Å². The fourth-order valence-electron chi connectivity index (χ4n) is 2.55. The Morgan fingerprint density at radius 1 is 1.19 bits per heavy atom. The molecular formula is C16H14ClN3S. The lowest BCUT2D eigenvalue weighted by Gasteiger charge is -2.18. The smallest absolute Gasteiger partial charge is 0.114 e. The quantitative estimate of drug-likeness (QED) is 0.784. The van der Waals surface area contributed by atoms with Crippen LogP contribution >= 0.6 is 22.9 Å². The van der Waals surface area contributed by atoms with Gasteiger partial charge in [-0.25, -0.2) is 4.98 Å². The summed E-state index contributed by atoms with van der Waals surface area (Å²) in [6.45, 7) is 0. The first-order valence-corrected chi connectivity index (χ1v) is 8.27. The number of thiazole rings is 1. The second-order valence-electron chi connectivity index (χ2n) is 5.28. The highest BCUT2D eigenvalue weighted by Crippen LogP contribution is 2.34. The van der Waals surface area contributed by atoms with Gasteiger partial charge in [-0.2, -0.15) is 0 Å². The zero-order valence-corrected chi connectivity index (χ0v) is 12.9. The van der Waals surface area contributed by atoms with Crippen LogP contribution in [0.1, 0.15) is 29.5 Å². The molecule has 4 rings (SSSR count). The summed E-state index contributed by atoms with van der Waals surface area (Å²) in [7, 11) is 0. The molecule has 3 aromatic rings. The van der Waals surface area contributed by atoms with E-state index >= 15 is 0 Å². The number of nitrogens with zero attached hydrogens (tertiary/aromatic N) is 2. The molecule has 0 saturated heterocycles. The summed E-state index contributed by atoms with van der Waals surface area (Å²) in [6, 6.07) is 8.64. The molecule has 1 unspecified atom stereocenters. The summed E-state index contributed by atoms with van der Waals surface area (Å²) in [5.41, 5.74) is 2.11. The van der Waals surface area contributed by atoms with Crippen molar-refractivity contribution >= 4 is 33.8 Å². The molecule has 0 amide bonds. The Balaban J connectivity index is 1.87. The third kappa shape index (κ3) is 2.55. The second-order valence-corrected chi connectivity index (χ2v) is 6.61. The summed E-state index contributed by atoms with van der Waals surface area (Å²) in [6.07, 6.45) is 6.15. The first-order chi connectivity index (χ1) is 10.3. The molecule has 0 bridgehead atoms. The number of nitrogens with one attached hydrogen (secondary N) is 1. The van der Waals surface area contributed by atoms with Crippen molar-refractivity contribution in [2.75, 3.05) is 0 Å². The first-order valence-electron chi connectivity index (χ1n) is 7.01. The molecule has 0 spiro atoms. The molecule has 1 aromatic carbocycles. The van der Waals surface area contributed by atoms with Crippen LogP contribution in [0.25, 0.3) is 10.9 Å². The van der Waals surface area contributed by atoms with Crippen LogP contribution in [0.3, 0.4) is 0 Å². The summed E-state index contributed by atoms with van der Waals surface area (Å²) in [4.78, 5) is 9.05. The van der Waals surface area contributed by atoms with Crippen LogP contribution in [-0.2, 0) is 0 Å². The molecule has 1 fully saturated rings. The second kappa shape index (κ2) is 5.37. The van der Waals surface area contributed by atoms with E-state index in [1.54, 1.807) is 11.3 Å². The maximum absolute atomic E-state index is 6.30. The van der Waals surface area contributed by atoms with E-state index in [1.807, 2.05) is 36.0 Å². The maximum atomic E-state index is 6.30. The van der Waals surface area contributed by atoms with Crippen molar-refractivity contribution in [1.82, 2.24) is 15.3 Å². The molecule has 1 atom stereocenters. The van der Waals surface area contributed by atoms with Crippen LogP contribution < -0.4 is 5.32 Å². The van der Waals surface area contributed by atoms with E-state index < -0.39 is 0 Å². The van der Waals surface area contributed by atoms with Gasteiger partial charge in [0.15, 0.2) is 0 Å². The lowest BCUT2D eigenvalue weighted by atomic mass is 10.0. The van der Waals surface area contributed by atoms with Gasteiger partial charge in [-0.1, -0.05) is 17.7 Å². The number of rotatable bonds is 4. The van der Waals surface area contributed by atoms with Gasteiger partial charge < -0.3 is 5.32 Å². The van der Waals surface area contributed by atoms with Crippen molar-refractivity contribution in [3.8, 4) is 0 Å².